The van der Waals surface area contributed by atoms with Crippen molar-refractivity contribution < 1.29 is 22.7 Å². The normalized spacial score (nSPS) is 14.4. The predicted molar refractivity (Wildman–Crippen MR) is 106 cm³/mol. The Morgan fingerprint density at radius 1 is 1.28 bits per heavy atom. The Morgan fingerprint density at radius 2 is 2.03 bits per heavy atom. The molecule has 3 rings (SSSR count). The second-order valence-corrected chi connectivity index (χ2v) is 6.75. The molecule has 1 aliphatic heterocycles. The van der Waals surface area contributed by atoms with Crippen LogP contribution in [0.2, 0.25) is 5.02 Å². The summed E-state index contributed by atoms with van der Waals surface area (Å²) >= 11 is 6.01. The van der Waals surface area contributed by atoms with Crippen LogP contribution in [0, 0.1) is 0 Å². The van der Waals surface area contributed by atoms with Gasteiger partial charge in [-0.05, 0) is 49.6 Å². The number of hydrogen-bond donors (Lipinski definition) is 1. The van der Waals surface area contributed by atoms with E-state index in [0.717, 1.165) is 42.3 Å². The summed E-state index contributed by atoms with van der Waals surface area (Å²) in [6, 6.07) is 10.4. The van der Waals surface area contributed by atoms with Crippen LogP contribution in [0.5, 0.6) is 0 Å². The van der Waals surface area contributed by atoms with Gasteiger partial charge in [-0.1, -0.05) is 29.8 Å². The first kappa shape index (κ1) is 21.0. The number of carbonyl (C=O) groups is 1. The Morgan fingerprint density at radius 3 is 2.76 bits per heavy atom. The van der Waals surface area contributed by atoms with Gasteiger partial charge in [0.25, 0.3) is 0 Å². The summed E-state index contributed by atoms with van der Waals surface area (Å²) in [6.07, 6.45) is -2.88. The lowest BCUT2D eigenvalue weighted by molar-refractivity contribution is -0.137. The van der Waals surface area contributed by atoms with Crippen LogP contribution in [-0.2, 0) is 22.1 Å². The van der Waals surface area contributed by atoms with Gasteiger partial charge in [0.2, 0.25) is 5.84 Å². The van der Waals surface area contributed by atoms with Gasteiger partial charge in [-0.25, -0.2) is 4.79 Å². The van der Waals surface area contributed by atoms with Crippen molar-refractivity contribution in [2.24, 2.45) is 5.10 Å². The number of halogens is 4. The van der Waals surface area contributed by atoms with Crippen molar-refractivity contribution in [3.63, 3.8) is 0 Å². The van der Waals surface area contributed by atoms with Crippen LogP contribution in [0.4, 0.5) is 24.5 Å². The number of nitrogens with zero attached hydrogens (tertiary/aromatic N) is 2. The molecule has 0 radical (unpaired) electrons. The molecule has 29 heavy (non-hydrogen) atoms. The number of para-hydroxylation sites is 1. The molecule has 0 aliphatic carbocycles. The second kappa shape index (κ2) is 8.73. The number of rotatable bonds is 3. The number of alkyl halides is 3. The van der Waals surface area contributed by atoms with Crippen LogP contribution in [0.1, 0.15) is 24.5 Å². The van der Waals surface area contributed by atoms with Gasteiger partial charge in [0.1, 0.15) is 0 Å². The number of nitrogens with one attached hydrogen (secondary N) is 1. The standard InChI is InChI=1S/C20H19ClF3N3O2/c1-2-29-19(28)18(27-11-5-7-13-6-3-4-8-17(13)27)26-25-16-12-14(20(22,23)24)9-10-15(16)21/h3-4,6,8-10,12,25H,2,5,7,11H2,1H3. The fourth-order valence-electron chi connectivity index (χ4n) is 3.07. The highest BCUT2D eigenvalue weighted by atomic mass is 35.5. The van der Waals surface area contributed by atoms with Crippen molar-refractivity contribution in [3.8, 4) is 0 Å². The molecule has 0 saturated heterocycles. The van der Waals surface area contributed by atoms with Gasteiger partial charge >= 0.3 is 12.1 Å². The van der Waals surface area contributed by atoms with E-state index in [0.29, 0.717) is 6.54 Å². The number of benzene rings is 2. The summed E-state index contributed by atoms with van der Waals surface area (Å²) in [6.45, 7) is 2.32. The molecule has 154 valence electrons. The molecule has 0 amide bonds. The zero-order valence-electron chi connectivity index (χ0n) is 15.6. The maximum atomic E-state index is 13.0. The molecule has 0 aromatic heterocycles. The van der Waals surface area contributed by atoms with Crippen molar-refractivity contribution in [3.05, 3.63) is 58.6 Å². The van der Waals surface area contributed by atoms with E-state index in [4.69, 9.17) is 16.3 Å². The first-order chi connectivity index (χ1) is 13.8. The highest BCUT2D eigenvalue weighted by Gasteiger charge is 2.31. The van der Waals surface area contributed by atoms with E-state index in [2.05, 4.69) is 10.5 Å². The summed E-state index contributed by atoms with van der Waals surface area (Å²) in [5.74, 6) is -0.729. The number of amidine groups is 1. The van der Waals surface area contributed by atoms with E-state index < -0.39 is 17.7 Å². The molecule has 9 heteroatoms. The van der Waals surface area contributed by atoms with E-state index in [-0.39, 0.29) is 23.2 Å². The topological polar surface area (TPSA) is 53.9 Å². The third kappa shape index (κ3) is 4.82. The van der Waals surface area contributed by atoms with Crippen LogP contribution < -0.4 is 10.3 Å². The van der Waals surface area contributed by atoms with E-state index in [1.165, 1.54) is 0 Å². The van der Waals surface area contributed by atoms with E-state index in [1.54, 1.807) is 11.8 Å². The van der Waals surface area contributed by atoms with Gasteiger partial charge in [0.05, 0.1) is 22.9 Å². The summed E-state index contributed by atoms with van der Waals surface area (Å²) in [5, 5.41) is 4.13. The van der Waals surface area contributed by atoms with Gasteiger partial charge in [-0.15, -0.1) is 5.10 Å². The maximum Gasteiger partial charge on any atom is 0.416 e. The summed E-state index contributed by atoms with van der Waals surface area (Å²) in [7, 11) is 0. The molecule has 0 bridgehead atoms. The lowest BCUT2D eigenvalue weighted by Crippen LogP contribution is -2.41. The summed E-state index contributed by atoms with van der Waals surface area (Å²) in [4.78, 5) is 14.2. The molecule has 0 atom stereocenters. The number of esters is 1. The van der Waals surface area contributed by atoms with Crippen molar-refractivity contribution >= 4 is 34.8 Å². The van der Waals surface area contributed by atoms with Crippen molar-refractivity contribution in [1.29, 1.82) is 0 Å². The summed E-state index contributed by atoms with van der Waals surface area (Å²) < 4.78 is 44.1. The molecule has 0 unspecified atom stereocenters. The minimum absolute atomic E-state index is 0.0454. The molecule has 5 nitrogen and oxygen atoms in total. The van der Waals surface area contributed by atoms with Gasteiger partial charge < -0.3 is 9.64 Å². The highest BCUT2D eigenvalue weighted by Crippen LogP contribution is 2.34. The van der Waals surface area contributed by atoms with Crippen LogP contribution in [-0.4, -0.2) is 25.0 Å². The second-order valence-electron chi connectivity index (χ2n) is 6.34. The Hall–Kier alpha value is -2.74. The number of hydrazone groups is 1. The number of hydrogen-bond acceptors (Lipinski definition) is 4. The van der Waals surface area contributed by atoms with Crippen LogP contribution >= 0.6 is 11.6 Å². The molecule has 1 N–H and O–H groups in total. The molecule has 1 aliphatic rings. The number of carbonyl (C=O) groups excluding carboxylic acids is 1. The van der Waals surface area contributed by atoms with Gasteiger partial charge in [0, 0.05) is 12.2 Å². The molecular formula is C20H19ClF3N3O2. The number of anilines is 2. The van der Waals surface area contributed by atoms with Gasteiger partial charge in [0.15, 0.2) is 0 Å². The van der Waals surface area contributed by atoms with E-state index >= 15 is 0 Å². The Kier molecular flexibility index (Phi) is 6.32. The zero-order valence-corrected chi connectivity index (χ0v) is 16.3. The smallest absolute Gasteiger partial charge is 0.416 e. The average Bonchev–Trinajstić information content (AvgIpc) is 2.69. The Labute approximate surface area is 171 Å². The third-order valence-corrected chi connectivity index (χ3v) is 4.73. The van der Waals surface area contributed by atoms with Crippen molar-refractivity contribution in [2.75, 3.05) is 23.5 Å². The molecule has 0 saturated carbocycles. The first-order valence-corrected chi connectivity index (χ1v) is 9.42. The fourth-order valence-corrected chi connectivity index (χ4v) is 3.23. The molecule has 1 heterocycles. The fraction of sp³-hybridized carbons (Fsp3) is 0.300. The SMILES string of the molecule is CCOC(=O)C(=NNc1cc(C(F)(F)F)ccc1Cl)N1CCCc2ccccc21. The molecule has 0 fully saturated rings. The largest absolute Gasteiger partial charge is 0.460 e. The highest BCUT2D eigenvalue weighted by molar-refractivity contribution is 6.41. The molecule has 2 aromatic rings. The quantitative estimate of drug-likeness (QED) is 0.322. The third-order valence-electron chi connectivity index (χ3n) is 4.40. The average molecular weight is 426 g/mol. The minimum Gasteiger partial charge on any atom is -0.460 e. The number of aryl methyl sites for hydroxylation is 1. The first-order valence-electron chi connectivity index (χ1n) is 9.04. The van der Waals surface area contributed by atoms with E-state index in [1.807, 2.05) is 24.3 Å². The Balaban J connectivity index is 1.97. The van der Waals surface area contributed by atoms with Crippen molar-refractivity contribution in [2.45, 2.75) is 25.9 Å². The predicted octanol–water partition coefficient (Wildman–Crippen LogP) is 5.10. The van der Waals surface area contributed by atoms with Crippen molar-refractivity contribution in [1.82, 2.24) is 0 Å². The van der Waals surface area contributed by atoms with Crippen LogP contribution in [0.3, 0.4) is 0 Å². The lowest BCUT2D eigenvalue weighted by Gasteiger charge is -2.30. The monoisotopic (exact) mass is 425 g/mol. The molecule has 0 spiro atoms. The number of fused-ring (bicyclic) bond motifs is 1. The number of ether oxygens (including phenoxy) is 1. The van der Waals surface area contributed by atoms with Crippen LogP contribution in [0.25, 0.3) is 0 Å². The van der Waals surface area contributed by atoms with Crippen LogP contribution in [0.15, 0.2) is 47.6 Å². The van der Waals surface area contributed by atoms with E-state index in [9.17, 15) is 18.0 Å². The Bertz CT molecular complexity index is 931. The zero-order chi connectivity index (χ0) is 21.0. The minimum atomic E-state index is -4.53. The molecular weight excluding hydrogens is 407 g/mol. The van der Waals surface area contributed by atoms with Gasteiger partial charge in [-0.3, -0.25) is 5.43 Å². The summed E-state index contributed by atoms with van der Waals surface area (Å²) in [5.41, 5.74) is 3.43. The van der Waals surface area contributed by atoms with Gasteiger partial charge in [-0.2, -0.15) is 13.2 Å². The molecule has 2 aromatic carbocycles. The maximum absolute atomic E-state index is 13.0. The lowest BCUT2D eigenvalue weighted by atomic mass is 10.0.